The monoisotopic (exact) mass is 370 g/mol. The van der Waals surface area contributed by atoms with Crippen LogP contribution in [0.5, 0.6) is 11.5 Å². The predicted octanol–water partition coefficient (Wildman–Crippen LogP) is 3.04. The second-order valence-electron chi connectivity index (χ2n) is 6.97. The van der Waals surface area contributed by atoms with Crippen molar-refractivity contribution in [2.45, 2.75) is 19.4 Å². The molecular formula is C22H30N2O3. The number of ether oxygens (including phenoxy) is 2. The molecule has 1 N–H and O–H groups in total. The highest BCUT2D eigenvalue weighted by molar-refractivity contribution is 5.46. The lowest BCUT2D eigenvalue weighted by Crippen LogP contribution is -2.46. The summed E-state index contributed by atoms with van der Waals surface area (Å²) in [7, 11) is 0. The molecule has 0 aliphatic carbocycles. The maximum Gasteiger partial charge on any atom is 0.161 e. The maximum absolute atomic E-state index is 9.38. The van der Waals surface area contributed by atoms with Gasteiger partial charge in [0.05, 0.1) is 12.7 Å². The van der Waals surface area contributed by atoms with Gasteiger partial charge in [-0.1, -0.05) is 30.3 Å². The van der Waals surface area contributed by atoms with Crippen LogP contribution >= 0.6 is 0 Å². The van der Waals surface area contributed by atoms with E-state index in [9.17, 15) is 5.11 Å². The lowest BCUT2D eigenvalue weighted by molar-refractivity contribution is 0.119. The minimum Gasteiger partial charge on any atom is -0.490 e. The summed E-state index contributed by atoms with van der Waals surface area (Å²) in [6.45, 7) is 7.99. The van der Waals surface area contributed by atoms with Crippen LogP contribution in [0, 0.1) is 0 Å². The summed E-state index contributed by atoms with van der Waals surface area (Å²) in [5, 5.41) is 9.38. The highest BCUT2D eigenvalue weighted by atomic mass is 16.5. The fourth-order valence-electron chi connectivity index (χ4n) is 3.24. The number of para-hydroxylation sites is 3. The van der Waals surface area contributed by atoms with Crippen LogP contribution in [0.1, 0.15) is 13.3 Å². The molecule has 0 bridgehead atoms. The average molecular weight is 370 g/mol. The molecule has 0 radical (unpaired) electrons. The van der Waals surface area contributed by atoms with Gasteiger partial charge < -0.3 is 19.5 Å². The molecule has 5 nitrogen and oxygen atoms in total. The van der Waals surface area contributed by atoms with E-state index in [1.807, 2.05) is 24.3 Å². The SMILES string of the molecule is CC(O)COc1ccccc1OCCCN1CCN(c2ccccc2)CC1. The van der Waals surface area contributed by atoms with E-state index in [0.717, 1.165) is 44.9 Å². The molecule has 27 heavy (non-hydrogen) atoms. The zero-order valence-corrected chi connectivity index (χ0v) is 16.1. The van der Waals surface area contributed by atoms with E-state index in [1.165, 1.54) is 5.69 Å². The van der Waals surface area contributed by atoms with Gasteiger partial charge in [-0.25, -0.2) is 0 Å². The third-order valence-corrected chi connectivity index (χ3v) is 4.70. The summed E-state index contributed by atoms with van der Waals surface area (Å²) in [5.74, 6) is 1.43. The maximum atomic E-state index is 9.38. The van der Waals surface area contributed by atoms with Crippen LogP contribution in [-0.4, -0.2) is 62.0 Å². The van der Waals surface area contributed by atoms with Gasteiger partial charge in [0.1, 0.15) is 6.61 Å². The van der Waals surface area contributed by atoms with Gasteiger partial charge in [0.2, 0.25) is 0 Å². The first-order valence-corrected chi connectivity index (χ1v) is 9.77. The van der Waals surface area contributed by atoms with Crippen molar-refractivity contribution in [3.05, 3.63) is 54.6 Å². The Morgan fingerprint density at radius 3 is 2.19 bits per heavy atom. The zero-order valence-electron chi connectivity index (χ0n) is 16.1. The third kappa shape index (κ3) is 6.15. The quantitative estimate of drug-likeness (QED) is 0.688. The normalized spacial score (nSPS) is 16.1. The number of aliphatic hydroxyl groups excluding tert-OH is 1. The van der Waals surface area contributed by atoms with Gasteiger partial charge in [0.15, 0.2) is 11.5 Å². The number of rotatable bonds is 9. The zero-order chi connectivity index (χ0) is 18.9. The van der Waals surface area contributed by atoms with Crippen molar-refractivity contribution in [2.75, 3.05) is 50.8 Å². The van der Waals surface area contributed by atoms with Crippen LogP contribution in [0.25, 0.3) is 0 Å². The molecule has 1 aliphatic rings. The van der Waals surface area contributed by atoms with Crippen molar-refractivity contribution in [1.29, 1.82) is 0 Å². The number of nitrogens with zero attached hydrogens (tertiary/aromatic N) is 2. The lowest BCUT2D eigenvalue weighted by atomic mass is 10.2. The third-order valence-electron chi connectivity index (χ3n) is 4.70. The Labute approximate surface area is 162 Å². The average Bonchev–Trinajstić information content (AvgIpc) is 2.71. The van der Waals surface area contributed by atoms with Crippen LogP contribution in [0.2, 0.25) is 0 Å². The molecule has 0 amide bonds. The van der Waals surface area contributed by atoms with E-state index in [2.05, 4.69) is 40.1 Å². The summed E-state index contributed by atoms with van der Waals surface area (Å²) in [5.41, 5.74) is 1.31. The Bertz CT molecular complexity index is 670. The first-order valence-electron chi connectivity index (χ1n) is 9.77. The molecule has 0 saturated carbocycles. The molecule has 1 aliphatic heterocycles. The molecule has 1 heterocycles. The summed E-state index contributed by atoms with van der Waals surface area (Å²) >= 11 is 0. The molecular weight excluding hydrogens is 340 g/mol. The van der Waals surface area contributed by atoms with Gasteiger partial charge in [-0.15, -0.1) is 0 Å². The van der Waals surface area contributed by atoms with Gasteiger partial charge in [-0.05, 0) is 37.6 Å². The van der Waals surface area contributed by atoms with Gasteiger partial charge in [0, 0.05) is 38.4 Å². The number of piperazine rings is 1. The van der Waals surface area contributed by atoms with E-state index in [4.69, 9.17) is 9.47 Å². The fraction of sp³-hybridized carbons (Fsp3) is 0.455. The molecule has 1 fully saturated rings. The van der Waals surface area contributed by atoms with Crippen molar-refractivity contribution >= 4 is 5.69 Å². The van der Waals surface area contributed by atoms with Crippen LogP contribution in [0.15, 0.2) is 54.6 Å². The summed E-state index contributed by atoms with van der Waals surface area (Å²) in [6, 6.07) is 18.3. The molecule has 146 valence electrons. The van der Waals surface area contributed by atoms with Gasteiger partial charge in [-0.3, -0.25) is 4.90 Å². The Hall–Kier alpha value is -2.24. The first-order chi connectivity index (χ1) is 13.2. The van der Waals surface area contributed by atoms with Crippen molar-refractivity contribution < 1.29 is 14.6 Å². The molecule has 3 rings (SSSR count). The predicted molar refractivity (Wildman–Crippen MR) is 109 cm³/mol. The van der Waals surface area contributed by atoms with Crippen LogP contribution in [0.4, 0.5) is 5.69 Å². The van der Waals surface area contributed by atoms with E-state index in [1.54, 1.807) is 6.92 Å². The second kappa shape index (κ2) is 10.2. The van der Waals surface area contributed by atoms with Gasteiger partial charge in [0.25, 0.3) is 0 Å². The van der Waals surface area contributed by atoms with Crippen LogP contribution in [-0.2, 0) is 0 Å². The van der Waals surface area contributed by atoms with Gasteiger partial charge >= 0.3 is 0 Å². The summed E-state index contributed by atoms with van der Waals surface area (Å²) < 4.78 is 11.5. The number of hydrogen-bond donors (Lipinski definition) is 1. The highest BCUT2D eigenvalue weighted by Gasteiger charge is 2.16. The van der Waals surface area contributed by atoms with E-state index in [-0.39, 0.29) is 6.61 Å². The summed E-state index contributed by atoms with van der Waals surface area (Å²) in [6.07, 6.45) is 0.489. The van der Waals surface area contributed by atoms with E-state index in [0.29, 0.717) is 12.4 Å². The van der Waals surface area contributed by atoms with Crippen molar-refractivity contribution in [1.82, 2.24) is 4.90 Å². The number of hydrogen-bond acceptors (Lipinski definition) is 5. The lowest BCUT2D eigenvalue weighted by Gasteiger charge is -2.36. The molecule has 0 spiro atoms. The van der Waals surface area contributed by atoms with E-state index < -0.39 is 6.10 Å². The largest absolute Gasteiger partial charge is 0.490 e. The van der Waals surface area contributed by atoms with Crippen LogP contribution in [0.3, 0.4) is 0 Å². The molecule has 2 aromatic carbocycles. The molecule has 1 saturated heterocycles. The number of benzene rings is 2. The van der Waals surface area contributed by atoms with E-state index >= 15 is 0 Å². The Morgan fingerprint density at radius 1 is 0.889 bits per heavy atom. The van der Waals surface area contributed by atoms with Crippen molar-refractivity contribution in [3.63, 3.8) is 0 Å². The Morgan fingerprint density at radius 2 is 1.52 bits per heavy atom. The molecule has 0 aromatic heterocycles. The Balaban J connectivity index is 1.37. The minimum absolute atomic E-state index is 0.270. The first kappa shape index (κ1) is 19.5. The van der Waals surface area contributed by atoms with Crippen LogP contribution < -0.4 is 14.4 Å². The fourth-order valence-corrected chi connectivity index (χ4v) is 3.24. The standard InChI is InChI=1S/C22H30N2O3/c1-19(25)18-27-22-11-6-5-10-21(22)26-17-7-12-23-13-15-24(16-14-23)20-8-3-2-4-9-20/h2-6,8-11,19,25H,7,12-18H2,1H3. The molecule has 1 unspecified atom stereocenters. The molecule has 1 atom stereocenters. The smallest absolute Gasteiger partial charge is 0.161 e. The van der Waals surface area contributed by atoms with Crippen molar-refractivity contribution in [3.8, 4) is 11.5 Å². The second-order valence-corrected chi connectivity index (χ2v) is 6.97. The topological polar surface area (TPSA) is 45.2 Å². The minimum atomic E-state index is -0.493. The molecule has 2 aromatic rings. The highest BCUT2D eigenvalue weighted by Crippen LogP contribution is 2.26. The van der Waals surface area contributed by atoms with Gasteiger partial charge in [-0.2, -0.15) is 0 Å². The number of aliphatic hydroxyl groups is 1. The molecule has 5 heteroatoms. The summed E-state index contributed by atoms with van der Waals surface area (Å²) in [4.78, 5) is 4.95. The Kier molecular flexibility index (Phi) is 7.36. The van der Waals surface area contributed by atoms with Crippen molar-refractivity contribution in [2.24, 2.45) is 0 Å². The number of anilines is 1.